The molecular formula is C8H10BrClN2O2S. The van der Waals surface area contributed by atoms with Gasteiger partial charge in [0.15, 0.2) is 0 Å². The Hall–Kier alpha value is -0.140. The van der Waals surface area contributed by atoms with Crippen molar-refractivity contribution in [3.8, 4) is 0 Å². The summed E-state index contributed by atoms with van der Waals surface area (Å²) in [5.74, 6) is 0. The molecule has 0 spiro atoms. The molecule has 84 valence electrons. The Labute approximate surface area is 102 Å². The standard InChI is InChI=1S/C8H10BrClN2O2S/c9-7-5-6(10)1-2-8(7)15(13,14)12-4-3-11/h1-2,5,12H,3-4,11H2. The minimum Gasteiger partial charge on any atom is -0.329 e. The van der Waals surface area contributed by atoms with Crippen molar-refractivity contribution in [1.29, 1.82) is 0 Å². The van der Waals surface area contributed by atoms with E-state index in [4.69, 9.17) is 17.3 Å². The largest absolute Gasteiger partial charge is 0.329 e. The summed E-state index contributed by atoms with van der Waals surface area (Å²) in [6.45, 7) is 0.460. The van der Waals surface area contributed by atoms with Gasteiger partial charge in [-0.05, 0) is 34.1 Å². The third-order valence-electron chi connectivity index (χ3n) is 1.62. The van der Waals surface area contributed by atoms with Crippen molar-refractivity contribution in [3.05, 3.63) is 27.7 Å². The maximum atomic E-state index is 11.7. The van der Waals surface area contributed by atoms with Gasteiger partial charge in [-0.15, -0.1) is 0 Å². The van der Waals surface area contributed by atoms with Crippen LogP contribution in [0.2, 0.25) is 5.02 Å². The molecule has 15 heavy (non-hydrogen) atoms. The van der Waals surface area contributed by atoms with E-state index < -0.39 is 10.0 Å². The monoisotopic (exact) mass is 312 g/mol. The lowest BCUT2D eigenvalue weighted by molar-refractivity contribution is 0.581. The van der Waals surface area contributed by atoms with Gasteiger partial charge in [0.2, 0.25) is 10.0 Å². The number of hydrogen-bond donors (Lipinski definition) is 2. The van der Waals surface area contributed by atoms with Crippen LogP contribution in [-0.4, -0.2) is 21.5 Å². The number of nitrogens with two attached hydrogens (primary N) is 1. The molecule has 1 aromatic carbocycles. The molecule has 0 aromatic heterocycles. The molecule has 1 aromatic rings. The first-order chi connectivity index (χ1) is 6.97. The summed E-state index contributed by atoms with van der Waals surface area (Å²) in [5, 5.41) is 0.472. The second-order valence-corrected chi connectivity index (χ2v) is 5.79. The van der Waals surface area contributed by atoms with Crippen LogP contribution >= 0.6 is 27.5 Å². The first kappa shape index (κ1) is 12.9. The van der Waals surface area contributed by atoms with E-state index in [1.54, 1.807) is 0 Å². The number of halogens is 2. The molecule has 0 fully saturated rings. The van der Waals surface area contributed by atoms with Gasteiger partial charge in [0.25, 0.3) is 0 Å². The lowest BCUT2D eigenvalue weighted by atomic mass is 10.4. The Bertz CT molecular complexity index is 450. The predicted molar refractivity (Wildman–Crippen MR) is 63.4 cm³/mol. The number of rotatable bonds is 4. The SMILES string of the molecule is NCCNS(=O)(=O)c1ccc(Cl)cc1Br. The molecule has 0 aliphatic heterocycles. The minimum absolute atomic E-state index is 0.153. The Balaban J connectivity index is 3.05. The Morgan fingerprint density at radius 2 is 2.13 bits per heavy atom. The van der Waals surface area contributed by atoms with Crippen LogP contribution in [0, 0.1) is 0 Å². The summed E-state index contributed by atoms with van der Waals surface area (Å²) in [6.07, 6.45) is 0. The highest BCUT2D eigenvalue weighted by Gasteiger charge is 2.16. The van der Waals surface area contributed by atoms with Crippen molar-refractivity contribution in [2.75, 3.05) is 13.1 Å². The normalized spacial score (nSPS) is 11.7. The molecule has 0 amide bonds. The van der Waals surface area contributed by atoms with Crippen molar-refractivity contribution in [2.45, 2.75) is 4.90 Å². The third kappa shape index (κ3) is 3.42. The second-order valence-electron chi connectivity index (χ2n) is 2.76. The highest BCUT2D eigenvalue weighted by molar-refractivity contribution is 9.10. The number of nitrogens with one attached hydrogen (secondary N) is 1. The second kappa shape index (κ2) is 5.27. The topological polar surface area (TPSA) is 72.2 Å². The average Bonchev–Trinajstić information content (AvgIpc) is 2.14. The lowest BCUT2D eigenvalue weighted by Gasteiger charge is -2.07. The summed E-state index contributed by atoms with van der Waals surface area (Å²) in [6, 6.07) is 4.48. The molecule has 0 aliphatic carbocycles. The fraction of sp³-hybridized carbons (Fsp3) is 0.250. The molecule has 3 N–H and O–H groups in total. The van der Waals surface area contributed by atoms with Gasteiger partial charge >= 0.3 is 0 Å². The van der Waals surface area contributed by atoms with Gasteiger partial charge < -0.3 is 5.73 Å². The quantitative estimate of drug-likeness (QED) is 0.881. The van der Waals surface area contributed by atoms with Crippen LogP contribution < -0.4 is 10.5 Å². The zero-order chi connectivity index (χ0) is 11.5. The third-order valence-corrected chi connectivity index (χ3v) is 4.29. The van der Waals surface area contributed by atoms with Crippen LogP contribution in [0.3, 0.4) is 0 Å². The molecule has 0 aliphatic rings. The zero-order valence-electron chi connectivity index (χ0n) is 7.70. The van der Waals surface area contributed by atoms with Crippen molar-refractivity contribution >= 4 is 37.6 Å². The molecule has 0 saturated heterocycles. The molecular weight excluding hydrogens is 304 g/mol. The zero-order valence-corrected chi connectivity index (χ0v) is 10.9. The number of sulfonamides is 1. The van der Waals surface area contributed by atoms with E-state index in [0.29, 0.717) is 9.50 Å². The van der Waals surface area contributed by atoms with Gasteiger partial charge in [0, 0.05) is 22.6 Å². The Morgan fingerprint density at radius 1 is 1.47 bits per heavy atom. The van der Waals surface area contributed by atoms with E-state index in [1.807, 2.05) is 0 Å². The minimum atomic E-state index is -3.51. The average molecular weight is 314 g/mol. The highest BCUT2D eigenvalue weighted by atomic mass is 79.9. The highest BCUT2D eigenvalue weighted by Crippen LogP contribution is 2.24. The number of hydrogen-bond acceptors (Lipinski definition) is 3. The summed E-state index contributed by atoms with van der Waals surface area (Å²) in [7, 11) is -3.51. The molecule has 0 unspecified atom stereocenters. The first-order valence-corrected chi connectivity index (χ1v) is 6.77. The van der Waals surface area contributed by atoms with Crippen LogP contribution in [0.4, 0.5) is 0 Å². The van der Waals surface area contributed by atoms with E-state index in [1.165, 1.54) is 18.2 Å². The molecule has 0 heterocycles. The summed E-state index contributed by atoms with van der Waals surface area (Å²) < 4.78 is 26.2. The molecule has 0 bridgehead atoms. The van der Waals surface area contributed by atoms with E-state index in [2.05, 4.69) is 20.7 Å². The smallest absolute Gasteiger partial charge is 0.241 e. The van der Waals surface area contributed by atoms with Crippen molar-refractivity contribution in [2.24, 2.45) is 5.73 Å². The maximum Gasteiger partial charge on any atom is 0.241 e. The van der Waals surface area contributed by atoms with Gasteiger partial charge in [0.1, 0.15) is 0 Å². The van der Waals surface area contributed by atoms with Crippen LogP contribution in [0.1, 0.15) is 0 Å². The van der Waals surface area contributed by atoms with Crippen molar-refractivity contribution < 1.29 is 8.42 Å². The van der Waals surface area contributed by atoms with E-state index in [0.717, 1.165) is 0 Å². The van der Waals surface area contributed by atoms with Crippen molar-refractivity contribution in [1.82, 2.24) is 4.72 Å². The lowest BCUT2D eigenvalue weighted by Crippen LogP contribution is -2.29. The van der Waals surface area contributed by atoms with Gasteiger partial charge in [-0.1, -0.05) is 11.6 Å². The van der Waals surface area contributed by atoms with Gasteiger partial charge in [0.05, 0.1) is 4.90 Å². The first-order valence-electron chi connectivity index (χ1n) is 4.12. The maximum absolute atomic E-state index is 11.7. The molecule has 4 nitrogen and oxygen atoms in total. The van der Waals surface area contributed by atoms with E-state index >= 15 is 0 Å². The van der Waals surface area contributed by atoms with Crippen molar-refractivity contribution in [3.63, 3.8) is 0 Å². The van der Waals surface area contributed by atoms with Gasteiger partial charge in [-0.3, -0.25) is 0 Å². The van der Waals surface area contributed by atoms with Gasteiger partial charge in [-0.2, -0.15) is 0 Å². The van der Waals surface area contributed by atoms with E-state index in [9.17, 15) is 8.42 Å². The molecule has 7 heteroatoms. The molecule has 0 saturated carbocycles. The van der Waals surface area contributed by atoms with Crippen LogP contribution in [0.15, 0.2) is 27.6 Å². The predicted octanol–water partition coefficient (Wildman–Crippen LogP) is 1.34. The number of benzene rings is 1. The fourth-order valence-corrected chi connectivity index (χ4v) is 3.39. The van der Waals surface area contributed by atoms with Gasteiger partial charge in [-0.25, -0.2) is 13.1 Å². The van der Waals surface area contributed by atoms with Crippen LogP contribution in [0.5, 0.6) is 0 Å². The molecule has 0 radical (unpaired) electrons. The molecule has 0 atom stereocenters. The summed E-state index contributed by atoms with van der Waals surface area (Å²) in [5.41, 5.74) is 5.22. The van der Waals surface area contributed by atoms with Crippen LogP contribution in [-0.2, 0) is 10.0 Å². The Kier molecular flexibility index (Phi) is 4.54. The summed E-state index contributed by atoms with van der Waals surface area (Å²) >= 11 is 8.85. The molecule has 1 rings (SSSR count). The Morgan fingerprint density at radius 3 is 2.67 bits per heavy atom. The van der Waals surface area contributed by atoms with Crippen LogP contribution in [0.25, 0.3) is 0 Å². The fourth-order valence-electron chi connectivity index (χ4n) is 0.964. The van der Waals surface area contributed by atoms with E-state index in [-0.39, 0.29) is 18.0 Å². The summed E-state index contributed by atoms with van der Waals surface area (Å²) in [4.78, 5) is 0.153.